The van der Waals surface area contributed by atoms with Gasteiger partial charge in [0.25, 0.3) is 0 Å². The van der Waals surface area contributed by atoms with Crippen LogP contribution in [0.5, 0.6) is 0 Å². The van der Waals surface area contributed by atoms with Crippen molar-refractivity contribution in [2.45, 2.75) is 76.0 Å². The van der Waals surface area contributed by atoms with Crippen LogP contribution in [0.4, 0.5) is 8.78 Å². The second-order valence-electron chi connectivity index (χ2n) is 12.2. The lowest BCUT2D eigenvalue weighted by atomic mass is 9.68. The van der Waals surface area contributed by atoms with Gasteiger partial charge in [-0.2, -0.15) is 0 Å². The highest BCUT2D eigenvalue weighted by Crippen LogP contribution is 2.57. The van der Waals surface area contributed by atoms with E-state index in [0.717, 1.165) is 0 Å². The number of nitrogens with two attached hydrogens (primary N) is 1. The van der Waals surface area contributed by atoms with Crippen LogP contribution in [0.3, 0.4) is 0 Å². The summed E-state index contributed by atoms with van der Waals surface area (Å²) in [6.07, 6.45) is 0.989. The van der Waals surface area contributed by atoms with Gasteiger partial charge in [0, 0.05) is 35.6 Å². The summed E-state index contributed by atoms with van der Waals surface area (Å²) in [5, 5.41) is 3.16. The van der Waals surface area contributed by atoms with Crippen molar-refractivity contribution < 1.29 is 23.0 Å². The molecule has 0 saturated carbocycles. The lowest BCUT2D eigenvalue weighted by Gasteiger charge is -2.38. The van der Waals surface area contributed by atoms with Gasteiger partial charge in [0.2, 0.25) is 5.91 Å². The molecule has 5 rings (SSSR count). The first-order valence-electron chi connectivity index (χ1n) is 13.3. The van der Waals surface area contributed by atoms with Crippen molar-refractivity contribution in [2.75, 3.05) is 19.7 Å². The molecule has 0 bridgehead atoms. The number of rotatable bonds is 6. The summed E-state index contributed by atoms with van der Waals surface area (Å²) in [7, 11) is 0. The Morgan fingerprint density at radius 1 is 1.18 bits per heavy atom. The number of hydrogen-bond donors (Lipinski definition) is 2. The molecule has 3 N–H and O–H groups in total. The highest BCUT2D eigenvalue weighted by atomic mass is 35.5. The molecule has 5 atom stereocenters. The van der Waals surface area contributed by atoms with Gasteiger partial charge >= 0.3 is 0 Å². The second-order valence-corrected chi connectivity index (χ2v) is 13.1. The molecule has 0 aliphatic carbocycles. The molecule has 2 aromatic rings. The molecule has 10 heteroatoms. The average Bonchev–Trinajstić information content (AvgIpc) is 3.43. The van der Waals surface area contributed by atoms with Crippen LogP contribution in [0.2, 0.25) is 10.0 Å². The topological polar surface area (TPSA) is 76.8 Å². The molecule has 0 radical (unpaired) electrons. The van der Waals surface area contributed by atoms with E-state index in [-0.39, 0.29) is 38.6 Å². The fourth-order valence-electron chi connectivity index (χ4n) is 6.75. The zero-order valence-corrected chi connectivity index (χ0v) is 24.1. The maximum absolute atomic E-state index is 15.7. The Hall–Kier alpha value is -1.81. The van der Waals surface area contributed by atoms with Crippen LogP contribution < -0.4 is 11.1 Å². The molecule has 0 unspecified atom stereocenters. The summed E-state index contributed by atoms with van der Waals surface area (Å²) in [4.78, 5) is 16.0. The van der Waals surface area contributed by atoms with E-state index < -0.39 is 41.0 Å². The molecule has 3 aliphatic heterocycles. The molecular weight excluding hydrogens is 547 g/mol. The van der Waals surface area contributed by atoms with Gasteiger partial charge < -0.3 is 20.5 Å². The van der Waals surface area contributed by atoms with E-state index in [9.17, 15) is 4.79 Å². The number of ether oxygens (including phenoxy) is 2. The van der Waals surface area contributed by atoms with Gasteiger partial charge in [0.1, 0.15) is 11.6 Å². The summed E-state index contributed by atoms with van der Waals surface area (Å²) in [6, 6.07) is 7.69. The number of amides is 1. The Labute approximate surface area is 238 Å². The van der Waals surface area contributed by atoms with Crippen LogP contribution in [-0.2, 0) is 19.8 Å². The van der Waals surface area contributed by atoms with Gasteiger partial charge in [-0.05, 0) is 55.9 Å². The van der Waals surface area contributed by atoms with Crippen LogP contribution >= 0.6 is 23.2 Å². The van der Waals surface area contributed by atoms with Crippen LogP contribution in [0.15, 0.2) is 36.4 Å². The first-order chi connectivity index (χ1) is 18.2. The van der Waals surface area contributed by atoms with E-state index in [4.69, 9.17) is 38.4 Å². The van der Waals surface area contributed by atoms with Crippen molar-refractivity contribution in [1.82, 2.24) is 10.2 Å². The molecule has 0 spiro atoms. The van der Waals surface area contributed by atoms with Crippen LogP contribution in [-0.4, -0.2) is 54.5 Å². The molecule has 3 heterocycles. The fourth-order valence-corrected chi connectivity index (χ4v) is 7.09. The number of hydrogen-bond acceptors (Lipinski definition) is 5. The monoisotopic (exact) mass is 581 g/mol. The quantitative estimate of drug-likeness (QED) is 0.481. The lowest BCUT2D eigenvalue weighted by Crippen LogP contribution is -2.51. The minimum Gasteiger partial charge on any atom is -0.355 e. The highest BCUT2D eigenvalue weighted by molar-refractivity contribution is 6.31. The van der Waals surface area contributed by atoms with Gasteiger partial charge in [0.05, 0.1) is 29.3 Å². The number of nitrogens with zero attached hydrogens (tertiary/aromatic N) is 1. The number of carbonyl (C=O) groups is 1. The van der Waals surface area contributed by atoms with Crippen molar-refractivity contribution in [3.8, 4) is 0 Å². The zero-order chi connectivity index (χ0) is 28.3. The Morgan fingerprint density at radius 3 is 2.59 bits per heavy atom. The fraction of sp³-hybridized carbons (Fsp3) is 0.552. The van der Waals surface area contributed by atoms with Gasteiger partial charge in [-0.25, -0.2) is 8.78 Å². The number of carbonyl (C=O) groups excluding carboxylic acids is 1. The van der Waals surface area contributed by atoms with Crippen LogP contribution in [0, 0.1) is 17.0 Å². The van der Waals surface area contributed by atoms with E-state index in [1.54, 1.807) is 24.3 Å². The van der Waals surface area contributed by atoms with Crippen molar-refractivity contribution in [3.63, 3.8) is 0 Å². The average molecular weight is 583 g/mol. The van der Waals surface area contributed by atoms with Gasteiger partial charge in [0.15, 0.2) is 5.79 Å². The Bertz CT molecular complexity index is 1280. The summed E-state index contributed by atoms with van der Waals surface area (Å²) >= 11 is 12.3. The van der Waals surface area contributed by atoms with Gasteiger partial charge in [-0.1, -0.05) is 55.2 Å². The largest absolute Gasteiger partial charge is 0.355 e. The minimum absolute atomic E-state index is 0.0843. The molecule has 3 aliphatic rings. The molecule has 1 amide bonds. The van der Waals surface area contributed by atoms with E-state index in [1.165, 1.54) is 12.1 Å². The Kier molecular flexibility index (Phi) is 7.53. The summed E-state index contributed by atoms with van der Waals surface area (Å²) in [5.74, 6) is -3.14. The second kappa shape index (κ2) is 10.2. The number of fused-ring (bicyclic) bond motifs is 1. The molecule has 39 heavy (non-hydrogen) atoms. The molecule has 6 nitrogen and oxygen atoms in total. The van der Waals surface area contributed by atoms with Gasteiger partial charge in [-0.15, -0.1) is 0 Å². The third-order valence-electron chi connectivity index (χ3n) is 8.31. The Balaban J connectivity index is 1.56. The molecule has 3 fully saturated rings. The molecular formula is C29H35Cl2F2N3O3. The third kappa shape index (κ3) is 5.20. The maximum atomic E-state index is 15.7. The van der Waals surface area contributed by atoms with Crippen LogP contribution in [0.25, 0.3) is 0 Å². The summed E-state index contributed by atoms with van der Waals surface area (Å²) < 4.78 is 42.8. The first-order valence-corrected chi connectivity index (χ1v) is 14.0. The minimum atomic E-state index is -1.44. The molecule has 3 saturated heterocycles. The third-order valence-corrected chi connectivity index (χ3v) is 8.84. The standard InChI is InChI=1S/C29H35Cl2F2N3O3/c1-27(2)13-22-29(34,19-9-8-16(30)12-21(19)32)23(18-6-5-7-20(31)24(18)33)25(36(22)15-27)26(37)35-11-10-17-14-38-28(3,4)39-17/h5-9,12,17,22-23,25H,10-11,13-15,34H2,1-4H3,(H,35,37)/t17-,22-,23-,25+,29+/m0/s1. The summed E-state index contributed by atoms with van der Waals surface area (Å²) in [5.41, 5.74) is 6.00. The number of halogens is 4. The number of benzene rings is 2. The van der Waals surface area contributed by atoms with Crippen LogP contribution in [0.1, 0.15) is 57.6 Å². The van der Waals surface area contributed by atoms with E-state index in [2.05, 4.69) is 19.2 Å². The molecule has 0 aromatic heterocycles. The maximum Gasteiger partial charge on any atom is 0.238 e. The summed E-state index contributed by atoms with van der Waals surface area (Å²) in [6.45, 7) is 9.18. The predicted molar refractivity (Wildman–Crippen MR) is 147 cm³/mol. The number of nitrogens with one attached hydrogen (secondary N) is 1. The van der Waals surface area contributed by atoms with Crippen molar-refractivity contribution >= 4 is 29.1 Å². The van der Waals surface area contributed by atoms with Crippen molar-refractivity contribution in [1.29, 1.82) is 0 Å². The molecule has 2 aromatic carbocycles. The smallest absolute Gasteiger partial charge is 0.238 e. The van der Waals surface area contributed by atoms with Crippen molar-refractivity contribution in [2.24, 2.45) is 11.1 Å². The highest BCUT2D eigenvalue weighted by Gasteiger charge is 2.65. The van der Waals surface area contributed by atoms with Gasteiger partial charge in [-0.3, -0.25) is 9.69 Å². The lowest BCUT2D eigenvalue weighted by molar-refractivity contribution is -0.139. The van der Waals surface area contributed by atoms with Crippen molar-refractivity contribution in [3.05, 3.63) is 69.2 Å². The predicted octanol–water partition coefficient (Wildman–Crippen LogP) is 5.35. The molecule has 212 valence electrons. The zero-order valence-electron chi connectivity index (χ0n) is 22.6. The Morgan fingerprint density at radius 2 is 1.92 bits per heavy atom. The normalized spacial score (nSPS) is 31.4. The van der Waals surface area contributed by atoms with E-state index in [1.807, 2.05) is 18.7 Å². The SMILES string of the molecule is CC1(C)C[C@@H]2N(C1)[C@@H](C(=O)NCC[C@H]1COC(C)(C)O1)[C@H](c1cccc(Cl)c1F)[C@@]2(N)c1ccc(Cl)cc1F. The first kappa shape index (κ1) is 28.7. The van der Waals surface area contributed by atoms with E-state index >= 15 is 8.78 Å². The van der Waals surface area contributed by atoms with E-state index in [0.29, 0.717) is 32.5 Å².